The monoisotopic (exact) mass is 276 g/mol. The van der Waals surface area contributed by atoms with Crippen molar-refractivity contribution in [1.29, 1.82) is 0 Å². The third-order valence-electron chi connectivity index (χ3n) is 2.15. The summed E-state index contributed by atoms with van der Waals surface area (Å²) in [7, 11) is 0. The zero-order chi connectivity index (χ0) is 10.6. The highest BCUT2D eigenvalue weighted by Crippen LogP contribution is 2.29. The van der Waals surface area contributed by atoms with Gasteiger partial charge in [0.25, 0.3) is 0 Å². The lowest BCUT2D eigenvalue weighted by atomic mass is 10.0. The summed E-state index contributed by atoms with van der Waals surface area (Å²) in [5, 5.41) is 10.5. The molecule has 0 heterocycles. The van der Waals surface area contributed by atoms with Gasteiger partial charge in [0.15, 0.2) is 0 Å². The number of halogens is 2. The minimum atomic E-state index is -0.414. The number of rotatable bonds is 4. The predicted molar refractivity (Wildman–Crippen MR) is 63.6 cm³/mol. The van der Waals surface area contributed by atoms with Gasteiger partial charge in [-0.15, -0.1) is 0 Å². The van der Waals surface area contributed by atoms with Crippen molar-refractivity contribution in [2.24, 2.45) is 0 Å². The van der Waals surface area contributed by atoms with E-state index in [0.717, 1.165) is 29.3 Å². The number of unbranched alkanes of at least 4 members (excludes halogenated alkanes) is 1. The van der Waals surface area contributed by atoms with E-state index in [4.69, 9.17) is 11.6 Å². The van der Waals surface area contributed by atoms with Crippen molar-refractivity contribution < 1.29 is 5.11 Å². The fourth-order valence-electron chi connectivity index (χ4n) is 1.32. The summed E-state index contributed by atoms with van der Waals surface area (Å²) in [5.41, 5.74) is 0.881. The van der Waals surface area contributed by atoms with Crippen LogP contribution < -0.4 is 0 Å². The van der Waals surface area contributed by atoms with Crippen LogP contribution in [0.15, 0.2) is 22.7 Å². The van der Waals surface area contributed by atoms with Crippen LogP contribution in [0.5, 0.6) is 0 Å². The summed E-state index contributed by atoms with van der Waals surface area (Å²) < 4.78 is 0.922. The van der Waals surface area contributed by atoms with Crippen molar-refractivity contribution in [1.82, 2.24) is 0 Å². The Bertz CT molecular complexity index is 301. The molecule has 1 atom stereocenters. The van der Waals surface area contributed by atoms with Crippen LogP contribution in [0.3, 0.4) is 0 Å². The van der Waals surface area contributed by atoms with E-state index in [1.807, 2.05) is 18.2 Å². The standard InChI is InChI=1S/C11H14BrClO/c1-2-3-4-11(14)9-7-8(13)5-6-10(9)12/h5-7,11,14H,2-4H2,1H3. The molecule has 1 rings (SSSR count). The number of hydrogen-bond acceptors (Lipinski definition) is 1. The lowest BCUT2D eigenvalue weighted by Gasteiger charge is -2.12. The third-order valence-corrected chi connectivity index (χ3v) is 3.11. The Balaban J connectivity index is 2.77. The van der Waals surface area contributed by atoms with Gasteiger partial charge in [0.05, 0.1) is 6.10 Å². The van der Waals surface area contributed by atoms with Crippen molar-refractivity contribution in [3.63, 3.8) is 0 Å². The second-order valence-corrected chi connectivity index (χ2v) is 4.61. The summed E-state index contributed by atoms with van der Waals surface area (Å²) in [6, 6.07) is 5.49. The normalized spacial score (nSPS) is 12.9. The first kappa shape index (κ1) is 12.0. The SMILES string of the molecule is CCCCC(O)c1cc(Cl)ccc1Br. The average Bonchev–Trinajstić information content (AvgIpc) is 2.18. The molecule has 0 radical (unpaired) electrons. The second-order valence-electron chi connectivity index (χ2n) is 3.32. The molecule has 0 aromatic heterocycles. The smallest absolute Gasteiger partial charge is 0.0801 e. The highest BCUT2D eigenvalue weighted by atomic mass is 79.9. The fraction of sp³-hybridized carbons (Fsp3) is 0.455. The third kappa shape index (κ3) is 3.26. The highest BCUT2D eigenvalue weighted by Gasteiger charge is 2.10. The molecule has 0 fully saturated rings. The Morgan fingerprint density at radius 3 is 2.86 bits per heavy atom. The van der Waals surface area contributed by atoms with E-state index in [1.54, 1.807) is 0 Å². The minimum Gasteiger partial charge on any atom is -0.388 e. The molecule has 1 nitrogen and oxygen atoms in total. The number of aliphatic hydroxyl groups is 1. The van der Waals surface area contributed by atoms with Gasteiger partial charge < -0.3 is 5.11 Å². The van der Waals surface area contributed by atoms with Crippen LogP contribution in [-0.4, -0.2) is 5.11 Å². The molecule has 3 heteroatoms. The molecule has 1 aromatic rings. The van der Waals surface area contributed by atoms with Crippen LogP contribution in [0.1, 0.15) is 37.9 Å². The van der Waals surface area contributed by atoms with Gasteiger partial charge in [0.1, 0.15) is 0 Å². The Morgan fingerprint density at radius 2 is 2.21 bits per heavy atom. The van der Waals surface area contributed by atoms with Crippen LogP contribution in [0.25, 0.3) is 0 Å². The van der Waals surface area contributed by atoms with Gasteiger partial charge in [-0.25, -0.2) is 0 Å². The molecule has 0 amide bonds. The predicted octanol–water partition coefficient (Wildman–Crippen LogP) is 4.33. The molecular weight excluding hydrogens is 263 g/mol. The summed E-state index contributed by atoms with van der Waals surface area (Å²) in [6.07, 6.45) is 2.49. The lowest BCUT2D eigenvalue weighted by molar-refractivity contribution is 0.163. The van der Waals surface area contributed by atoms with Crippen LogP contribution >= 0.6 is 27.5 Å². The van der Waals surface area contributed by atoms with E-state index in [0.29, 0.717) is 5.02 Å². The van der Waals surface area contributed by atoms with Crippen LogP contribution in [-0.2, 0) is 0 Å². The molecule has 1 N–H and O–H groups in total. The molecule has 0 aliphatic carbocycles. The molecule has 0 spiro atoms. The molecule has 14 heavy (non-hydrogen) atoms. The molecule has 0 aliphatic heterocycles. The quantitative estimate of drug-likeness (QED) is 0.868. The molecule has 0 bridgehead atoms. The molecular formula is C11H14BrClO. The van der Waals surface area contributed by atoms with Gasteiger partial charge in [0, 0.05) is 9.50 Å². The van der Waals surface area contributed by atoms with Crippen molar-refractivity contribution in [3.05, 3.63) is 33.3 Å². The zero-order valence-electron chi connectivity index (χ0n) is 8.13. The van der Waals surface area contributed by atoms with Crippen molar-refractivity contribution in [3.8, 4) is 0 Å². The van der Waals surface area contributed by atoms with Gasteiger partial charge in [-0.3, -0.25) is 0 Å². The number of aliphatic hydroxyl groups excluding tert-OH is 1. The first-order chi connectivity index (χ1) is 6.65. The van der Waals surface area contributed by atoms with E-state index in [9.17, 15) is 5.11 Å². The van der Waals surface area contributed by atoms with Crippen molar-refractivity contribution >= 4 is 27.5 Å². The van der Waals surface area contributed by atoms with E-state index < -0.39 is 6.10 Å². The Morgan fingerprint density at radius 1 is 1.50 bits per heavy atom. The Labute approximate surface area is 98.2 Å². The topological polar surface area (TPSA) is 20.2 Å². The zero-order valence-corrected chi connectivity index (χ0v) is 10.5. The van der Waals surface area contributed by atoms with Gasteiger partial charge >= 0.3 is 0 Å². The van der Waals surface area contributed by atoms with Gasteiger partial charge in [-0.1, -0.05) is 47.3 Å². The number of hydrogen-bond donors (Lipinski definition) is 1. The molecule has 0 saturated heterocycles. The lowest BCUT2D eigenvalue weighted by Crippen LogP contribution is -1.98. The van der Waals surface area contributed by atoms with E-state index in [1.165, 1.54) is 0 Å². The summed E-state index contributed by atoms with van der Waals surface area (Å²) in [4.78, 5) is 0. The van der Waals surface area contributed by atoms with E-state index >= 15 is 0 Å². The van der Waals surface area contributed by atoms with Crippen molar-refractivity contribution in [2.45, 2.75) is 32.3 Å². The Hall–Kier alpha value is -0.0500. The second kappa shape index (κ2) is 5.74. The maximum absolute atomic E-state index is 9.87. The van der Waals surface area contributed by atoms with Gasteiger partial charge in [-0.05, 0) is 30.2 Å². The molecule has 1 aromatic carbocycles. The number of benzene rings is 1. The summed E-state index contributed by atoms with van der Waals surface area (Å²) >= 11 is 9.27. The van der Waals surface area contributed by atoms with Crippen LogP contribution in [0.4, 0.5) is 0 Å². The minimum absolute atomic E-state index is 0.414. The maximum atomic E-state index is 9.87. The van der Waals surface area contributed by atoms with Crippen LogP contribution in [0, 0.1) is 0 Å². The molecule has 0 aliphatic rings. The molecule has 1 unspecified atom stereocenters. The van der Waals surface area contributed by atoms with Crippen molar-refractivity contribution in [2.75, 3.05) is 0 Å². The summed E-state index contributed by atoms with van der Waals surface area (Å²) in [5.74, 6) is 0. The first-order valence-electron chi connectivity index (χ1n) is 4.78. The van der Waals surface area contributed by atoms with E-state index in [2.05, 4.69) is 22.9 Å². The maximum Gasteiger partial charge on any atom is 0.0801 e. The summed E-state index contributed by atoms with van der Waals surface area (Å²) in [6.45, 7) is 2.11. The van der Waals surface area contributed by atoms with Gasteiger partial charge in [0.2, 0.25) is 0 Å². The Kier molecular flexibility index (Phi) is 4.93. The van der Waals surface area contributed by atoms with Crippen LogP contribution in [0.2, 0.25) is 5.02 Å². The van der Waals surface area contributed by atoms with E-state index in [-0.39, 0.29) is 0 Å². The first-order valence-corrected chi connectivity index (χ1v) is 5.95. The van der Waals surface area contributed by atoms with Gasteiger partial charge in [-0.2, -0.15) is 0 Å². The molecule has 0 saturated carbocycles. The highest BCUT2D eigenvalue weighted by molar-refractivity contribution is 9.10. The fourth-order valence-corrected chi connectivity index (χ4v) is 2.01. The average molecular weight is 278 g/mol. The molecule has 78 valence electrons. The largest absolute Gasteiger partial charge is 0.388 e.